The molecule has 2 atom stereocenters. The van der Waals surface area contributed by atoms with Crippen LogP contribution < -0.4 is 5.32 Å². The minimum atomic E-state index is 0.602. The molecule has 2 rings (SSSR count). The fraction of sp³-hybridized carbons (Fsp3) is 0.647. The van der Waals surface area contributed by atoms with E-state index in [0.29, 0.717) is 18.0 Å². The van der Waals surface area contributed by atoms with E-state index in [4.69, 9.17) is 0 Å². The minimum absolute atomic E-state index is 0.602. The van der Waals surface area contributed by atoms with E-state index in [1.807, 2.05) is 0 Å². The smallest absolute Gasteiger partial charge is 0.0195 e. The standard InChI is InChI=1S/C17H28N2/c1-14(2)19(13-17-10-7-11-18-17)12-15(3)16-8-5-4-6-9-16/h4-6,8-9,14-15,17-18H,7,10-13H2,1-3H3. The highest BCUT2D eigenvalue weighted by Crippen LogP contribution is 2.18. The van der Waals surface area contributed by atoms with Crippen molar-refractivity contribution in [2.75, 3.05) is 19.6 Å². The monoisotopic (exact) mass is 260 g/mol. The van der Waals surface area contributed by atoms with E-state index in [1.54, 1.807) is 0 Å². The van der Waals surface area contributed by atoms with E-state index in [9.17, 15) is 0 Å². The first-order chi connectivity index (χ1) is 9.16. The number of rotatable bonds is 6. The Morgan fingerprint density at radius 2 is 1.95 bits per heavy atom. The highest BCUT2D eigenvalue weighted by molar-refractivity contribution is 5.19. The van der Waals surface area contributed by atoms with Gasteiger partial charge in [-0.3, -0.25) is 4.90 Å². The molecule has 2 nitrogen and oxygen atoms in total. The normalized spacial score (nSPS) is 21.2. The van der Waals surface area contributed by atoms with Gasteiger partial charge < -0.3 is 5.32 Å². The minimum Gasteiger partial charge on any atom is -0.313 e. The molecule has 1 fully saturated rings. The lowest BCUT2D eigenvalue weighted by molar-refractivity contribution is 0.193. The number of nitrogens with one attached hydrogen (secondary N) is 1. The van der Waals surface area contributed by atoms with Crippen LogP contribution in [0.4, 0.5) is 0 Å². The molecule has 2 heteroatoms. The van der Waals surface area contributed by atoms with Gasteiger partial charge in [-0.15, -0.1) is 0 Å². The van der Waals surface area contributed by atoms with E-state index < -0.39 is 0 Å². The Balaban J connectivity index is 1.92. The molecule has 1 aliphatic rings. The van der Waals surface area contributed by atoms with Crippen LogP contribution in [0.15, 0.2) is 30.3 Å². The molecule has 106 valence electrons. The Kier molecular flexibility index (Phi) is 5.41. The average Bonchev–Trinajstić information content (AvgIpc) is 2.91. The first-order valence-electron chi connectivity index (χ1n) is 7.69. The molecule has 1 heterocycles. The lowest BCUT2D eigenvalue weighted by Crippen LogP contribution is -2.42. The second kappa shape index (κ2) is 7.06. The molecular formula is C17H28N2. The summed E-state index contributed by atoms with van der Waals surface area (Å²) in [4.78, 5) is 2.63. The maximum absolute atomic E-state index is 3.61. The fourth-order valence-corrected chi connectivity index (χ4v) is 2.93. The average molecular weight is 260 g/mol. The van der Waals surface area contributed by atoms with Gasteiger partial charge in [0.05, 0.1) is 0 Å². The zero-order chi connectivity index (χ0) is 13.7. The van der Waals surface area contributed by atoms with Gasteiger partial charge in [0, 0.05) is 25.2 Å². The molecule has 0 radical (unpaired) electrons. The van der Waals surface area contributed by atoms with Crippen molar-refractivity contribution in [2.45, 2.75) is 51.6 Å². The van der Waals surface area contributed by atoms with Gasteiger partial charge >= 0.3 is 0 Å². The largest absolute Gasteiger partial charge is 0.313 e. The second-order valence-electron chi connectivity index (χ2n) is 6.15. The third-order valence-electron chi connectivity index (χ3n) is 4.22. The molecule has 0 aliphatic carbocycles. The van der Waals surface area contributed by atoms with Gasteiger partial charge in [-0.1, -0.05) is 37.3 Å². The highest BCUT2D eigenvalue weighted by atomic mass is 15.2. The molecule has 0 saturated carbocycles. The van der Waals surface area contributed by atoms with Crippen LogP contribution in [-0.4, -0.2) is 36.6 Å². The summed E-state index contributed by atoms with van der Waals surface area (Å²) in [7, 11) is 0. The van der Waals surface area contributed by atoms with E-state index >= 15 is 0 Å². The molecule has 0 bridgehead atoms. The van der Waals surface area contributed by atoms with Gasteiger partial charge in [0.25, 0.3) is 0 Å². The highest BCUT2D eigenvalue weighted by Gasteiger charge is 2.21. The maximum atomic E-state index is 3.61. The van der Waals surface area contributed by atoms with Gasteiger partial charge in [-0.05, 0) is 44.7 Å². The Morgan fingerprint density at radius 3 is 2.53 bits per heavy atom. The van der Waals surface area contributed by atoms with Crippen LogP contribution >= 0.6 is 0 Å². The zero-order valence-electron chi connectivity index (χ0n) is 12.6. The topological polar surface area (TPSA) is 15.3 Å². The fourth-order valence-electron chi connectivity index (χ4n) is 2.93. The number of nitrogens with zero attached hydrogens (tertiary/aromatic N) is 1. The van der Waals surface area contributed by atoms with Crippen LogP contribution in [0.2, 0.25) is 0 Å². The van der Waals surface area contributed by atoms with E-state index in [1.165, 1.54) is 31.5 Å². The van der Waals surface area contributed by atoms with Crippen LogP contribution in [0, 0.1) is 0 Å². The molecule has 19 heavy (non-hydrogen) atoms. The van der Waals surface area contributed by atoms with Gasteiger partial charge in [0.1, 0.15) is 0 Å². The Labute approximate surface area is 118 Å². The number of hydrogen-bond donors (Lipinski definition) is 1. The summed E-state index contributed by atoms with van der Waals surface area (Å²) < 4.78 is 0. The van der Waals surface area contributed by atoms with Crippen molar-refractivity contribution in [2.24, 2.45) is 0 Å². The Hall–Kier alpha value is -0.860. The van der Waals surface area contributed by atoms with Crippen molar-refractivity contribution < 1.29 is 0 Å². The summed E-state index contributed by atoms with van der Waals surface area (Å²) >= 11 is 0. The third kappa shape index (κ3) is 4.32. The molecule has 1 saturated heterocycles. The lowest BCUT2D eigenvalue weighted by Gasteiger charge is -2.31. The van der Waals surface area contributed by atoms with Crippen LogP contribution in [0.25, 0.3) is 0 Å². The van der Waals surface area contributed by atoms with E-state index in [2.05, 4.69) is 61.3 Å². The third-order valence-corrected chi connectivity index (χ3v) is 4.22. The molecule has 0 spiro atoms. The maximum Gasteiger partial charge on any atom is 0.0195 e. The summed E-state index contributed by atoms with van der Waals surface area (Å²) in [5, 5.41) is 3.61. The molecule has 0 amide bonds. The quantitative estimate of drug-likeness (QED) is 0.844. The zero-order valence-corrected chi connectivity index (χ0v) is 12.6. The Bertz CT molecular complexity index is 355. The second-order valence-corrected chi connectivity index (χ2v) is 6.15. The van der Waals surface area contributed by atoms with Gasteiger partial charge in [0.2, 0.25) is 0 Å². The van der Waals surface area contributed by atoms with Gasteiger partial charge in [-0.2, -0.15) is 0 Å². The number of benzene rings is 1. The van der Waals surface area contributed by atoms with E-state index in [-0.39, 0.29) is 0 Å². The molecule has 2 unspecified atom stereocenters. The lowest BCUT2D eigenvalue weighted by atomic mass is 10.00. The molecule has 0 aromatic heterocycles. The van der Waals surface area contributed by atoms with Crippen molar-refractivity contribution in [1.29, 1.82) is 0 Å². The summed E-state index contributed by atoms with van der Waals surface area (Å²) in [6.45, 7) is 10.5. The van der Waals surface area contributed by atoms with Gasteiger partial charge in [-0.25, -0.2) is 0 Å². The molecule has 1 aromatic carbocycles. The predicted octanol–water partition coefficient (Wildman–Crippen LogP) is 3.25. The van der Waals surface area contributed by atoms with E-state index in [0.717, 1.165) is 6.54 Å². The van der Waals surface area contributed by atoms with Crippen LogP contribution in [0.1, 0.15) is 45.1 Å². The van der Waals surface area contributed by atoms with Crippen LogP contribution in [0.3, 0.4) is 0 Å². The van der Waals surface area contributed by atoms with Crippen molar-refractivity contribution in [1.82, 2.24) is 10.2 Å². The first kappa shape index (κ1) is 14.5. The van der Waals surface area contributed by atoms with Crippen molar-refractivity contribution in [3.8, 4) is 0 Å². The predicted molar refractivity (Wildman–Crippen MR) is 82.6 cm³/mol. The molecule has 1 aromatic rings. The van der Waals surface area contributed by atoms with Crippen molar-refractivity contribution in [3.05, 3.63) is 35.9 Å². The molecule has 1 N–H and O–H groups in total. The summed E-state index contributed by atoms with van der Waals surface area (Å²) in [6.07, 6.45) is 2.67. The van der Waals surface area contributed by atoms with Crippen molar-refractivity contribution in [3.63, 3.8) is 0 Å². The summed E-state index contributed by atoms with van der Waals surface area (Å²) in [6, 6.07) is 12.2. The molecule has 1 aliphatic heterocycles. The van der Waals surface area contributed by atoms with Gasteiger partial charge in [0.15, 0.2) is 0 Å². The SMILES string of the molecule is CC(CN(CC1CCCN1)C(C)C)c1ccccc1. The Morgan fingerprint density at radius 1 is 1.21 bits per heavy atom. The van der Waals surface area contributed by atoms with Crippen molar-refractivity contribution >= 4 is 0 Å². The summed E-state index contributed by atoms with van der Waals surface area (Å²) in [5.74, 6) is 0.602. The summed E-state index contributed by atoms with van der Waals surface area (Å²) in [5.41, 5.74) is 1.45. The van der Waals surface area contributed by atoms with Crippen LogP contribution in [-0.2, 0) is 0 Å². The molecular weight excluding hydrogens is 232 g/mol. The van der Waals surface area contributed by atoms with Crippen LogP contribution in [0.5, 0.6) is 0 Å². The first-order valence-corrected chi connectivity index (χ1v) is 7.69. The number of hydrogen-bond acceptors (Lipinski definition) is 2.